The van der Waals surface area contributed by atoms with Crippen molar-refractivity contribution in [3.8, 4) is 0 Å². The van der Waals surface area contributed by atoms with Crippen LogP contribution in [-0.2, 0) is 4.74 Å². The lowest BCUT2D eigenvalue weighted by Gasteiger charge is -2.17. The first kappa shape index (κ1) is 15.8. The Balaban J connectivity index is 2.73. The van der Waals surface area contributed by atoms with E-state index >= 15 is 0 Å². The number of hydrogen-bond acceptors (Lipinski definition) is 2. The number of ether oxygens (including phenoxy) is 1. The van der Waals surface area contributed by atoms with E-state index < -0.39 is 0 Å². The maximum Gasteiger partial charge on any atom is 0.252 e. The van der Waals surface area contributed by atoms with E-state index in [9.17, 15) is 4.79 Å². The first-order chi connectivity index (χ1) is 8.58. The van der Waals surface area contributed by atoms with Crippen LogP contribution in [0.3, 0.4) is 0 Å². The van der Waals surface area contributed by atoms with E-state index in [0.29, 0.717) is 34.0 Å². The zero-order valence-corrected chi connectivity index (χ0v) is 13.0. The van der Waals surface area contributed by atoms with Gasteiger partial charge in [-0.25, -0.2) is 0 Å². The maximum atomic E-state index is 12.1. The number of benzene rings is 1. The molecule has 0 aliphatic carbocycles. The molecule has 1 amide bonds. The fourth-order valence-corrected chi connectivity index (χ4v) is 2.59. The third kappa shape index (κ3) is 4.76. The summed E-state index contributed by atoms with van der Waals surface area (Å²) in [6.07, 6.45) is 0.659. The largest absolute Gasteiger partial charge is 0.383 e. The molecule has 0 aliphatic rings. The normalized spacial score (nSPS) is 12.2. The van der Waals surface area contributed by atoms with Gasteiger partial charge >= 0.3 is 0 Å². The Hall–Kier alpha value is -0.290. The van der Waals surface area contributed by atoms with Gasteiger partial charge < -0.3 is 10.1 Å². The minimum Gasteiger partial charge on any atom is -0.383 e. The van der Waals surface area contributed by atoms with Crippen LogP contribution in [0, 0.1) is 0 Å². The van der Waals surface area contributed by atoms with Crippen molar-refractivity contribution in [2.45, 2.75) is 12.5 Å². The maximum absolute atomic E-state index is 12.1. The van der Waals surface area contributed by atoms with E-state index in [1.54, 1.807) is 25.3 Å². The van der Waals surface area contributed by atoms with Crippen LogP contribution in [0.1, 0.15) is 16.8 Å². The highest BCUT2D eigenvalue weighted by molar-refractivity contribution is 9.10. The molecule has 18 heavy (non-hydrogen) atoms. The van der Waals surface area contributed by atoms with Gasteiger partial charge in [-0.1, -0.05) is 11.6 Å². The van der Waals surface area contributed by atoms with Crippen LogP contribution in [0.25, 0.3) is 0 Å². The molecule has 6 heteroatoms. The number of rotatable bonds is 6. The van der Waals surface area contributed by atoms with Crippen LogP contribution in [0.4, 0.5) is 0 Å². The molecule has 0 spiro atoms. The lowest BCUT2D eigenvalue weighted by atomic mass is 10.2. The van der Waals surface area contributed by atoms with Gasteiger partial charge in [-0.3, -0.25) is 4.79 Å². The third-order valence-corrected chi connectivity index (χ3v) is 3.45. The SMILES string of the molecule is COCC(CCCl)NC(=O)c1ccc(Cl)cc1Br. The molecule has 100 valence electrons. The minimum atomic E-state index is -0.175. The number of amides is 1. The van der Waals surface area contributed by atoms with Crippen molar-refractivity contribution in [1.29, 1.82) is 0 Å². The van der Waals surface area contributed by atoms with E-state index in [4.69, 9.17) is 27.9 Å². The Morgan fingerprint density at radius 3 is 2.83 bits per heavy atom. The summed E-state index contributed by atoms with van der Waals surface area (Å²) in [5, 5.41) is 3.45. The van der Waals surface area contributed by atoms with Crippen molar-refractivity contribution in [2.75, 3.05) is 19.6 Å². The molecule has 1 rings (SSSR count). The molecule has 0 fully saturated rings. The third-order valence-electron chi connectivity index (χ3n) is 2.34. The molecule has 0 heterocycles. The van der Waals surface area contributed by atoms with Gasteiger partial charge in [0.05, 0.1) is 18.2 Å². The molecular formula is C12H14BrCl2NO2. The summed E-state index contributed by atoms with van der Waals surface area (Å²) >= 11 is 14.8. The number of halogens is 3. The summed E-state index contributed by atoms with van der Waals surface area (Å²) in [4.78, 5) is 12.1. The van der Waals surface area contributed by atoms with Crippen molar-refractivity contribution in [2.24, 2.45) is 0 Å². The molecule has 0 aliphatic heterocycles. The average Bonchev–Trinajstić information content (AvgIpc) is 2.29. The summed E-state index contributed by atoms with van der Waals surface area (Å²) in [6, 6.07) is 4.94. The second-order valence-electron chi connectivity index (χ2n) is 3.73. The summed E-state index contributed by atoms with van der Waals surface area (Å²) in [5.74, 6) is 0.293. The van der Waals surface area contributed by atoms with Gasteiger partial charge in [0.1, 0.15) is 0 Å². The second-order valence-corrected chi connectivity index (χ2v) is 5.40. The summed E-state index contributed by atoms with van der Waals surface area (Å²) in [7, 11) is 1.59. The molecule has 0 radical (unpaired) electrons. The van der Waals surface area contributed by atoms with Gasteiger partial charge in [-0.15, -0.1) is 11.6 Å². The van der Waals surface area contributed by atoms with Crippen LogP contribution in [0.5, 0.6) is 0 Å². The summed E-state index contributed by atoms with van der Waals surface area (Å²) in [6.45, 7) is 0.434. The smallest absolute Gasteiger partial charge is 0.252 e. The highest BCUT2D eigenvalue weighted by Gasteiger charge is 2.15. The number of carbonyl (C=O) groups excluding carboxylic acids is 1. The predicted octanol–water partition coefficient (Wildman–Crippen LogP) is 3.48. The van der Waals surface area contributed by atoms with Gasteiger partial charge in [-0.2, -0.15) is 0 Å². The van der Waals surface area contributed by atoms with Crippen molar-refractivity contribution in [3.63, 3.8) is 0 Å². The Kier molecular flexibility index (Phi) is 7.00. The number of methoxy groups -OCH3 is 1. The van der Waals surface area contributed by atoms with Crippen molar-refractivity contribution >= 4 is 45.0 Å². The van der Waals surface area contributed by atoms with Gasteiger partial charge in [0.2, 0.25) is 0 Å². The molecule has 1 aromatic rings. The second kappa shape index (κ2) is 8.00. The molecule has 1 aromatic carbocycles. The van der Waals surface area contributed by atoms with Crippen LogP contribution >= 0.6 is 39.1 Å². The fourth-order valence-electron chi connectivity index (χ4n) is 1.47. The monoisotopic (exact) mass is 353 g/mol. The zero-order chi connectivity index (χ0) is 13.5. The van der Waals surface area contributed by atoms with E-state index in [-0.39, 0.29) is 11.9 Å². The zero-order valence-electron chi connectivity index (χ0n) is 9.88. The quantitative estimate of drug-likeness (QED) is 0.794. The highest BCUT2D eigenvalue weighted by Crippen LogP contribution is 2.21. The molecule has 1 N–H and O–H groups in total. The summed E-state index contributed by atoms with van der Waals surface area (Å²) in [5.41, 5.74) is 0.537. The molecule has 1 unspecified atom stereocenters. The van der Waals surface area contributed by atoms with Gasteiger partial charge in [0.15, 0.2) is 0 Å². The van der Waals surface area contributed by atoms with E-state index in [0.717, 1.165) is 0 Å². The average molecular weight is 355 g/mol. The molecule has 0 saturated heterocycles. The highest BCUT2D eigenvalue weighted by atomic mass is 79.9. The number of hydrogen-bond donors (Lipinski definition) is 1. The van der Waals surface area contributed by atoms with Crippen molar-refractivity contribution in [1.82, 2.24) is 5.32 Å². The lowest BCUT2D eigenvalue weighted by molar-refractivity contribution is 0.0894. The molecular weight excluding hydrogens is 341 g/mol. The number of nitrogens with one attached hydrogen (secondary N) is 1. The molecule has 3 nitrogen and oxygen atoms in total. The van der Waals surface area contributed by atoms with E-state index in [2.05, 4.69) is 21.2 Å². The molecule has 0 aromatic heterocycles. The van der Waals surface area contributed by atoms with Gasteiger partial charge in [0, 0.05) is 22.5 Å². The van der Waals surface area contributed by atoms with Crippen molar-refractivity contribution in [3.05, 3.63) is 33.3 Å². The minimum absolute atomic E-state index is 0.0948. The molecule has 0 bridgehead atoms. The number of carbonyl (C=O) groups is 1. The van der Waals surface area contributed by atoms with Crippen LogP contribution in [0.2, 0.25) is 5.02 Å². The van der Waals surface area contributed by atoms with Crippen LogP contribution in [0.15, 0.2) is 22.7 Å². The first-order valence-electron chi connectivity index (χ1n) is 5.39. The Morgan fingerprint density at radius 1 is 1.56 bits per heavy atom. The number of alkyl halides is 1. The summed E-state index contributed by atoms with van der Waals surface area (Å²) < 4.78 is 5.70. The molecule has 0 saturated carbocycles. The standard InChI is InChI=1S/C12H14BrCl2NO2/c1-18-7-9(4-5-14)16-12(17)10-3-2-8(15)6-11(10)13/h2-3,6,9H,4-5,7H2,1H3,(H,16,17). The van der Waals surface area contributed by atoms with Crippen molar-refractivity contribution < 1.29 is 9.53 Å². The Bertz CT molecular complexity index is 409. The Morgan fingerprint density at radius 2 is 2.28 bits per heavy atom. The lowest BCUT2D eigenvalue weighted by Crippen LogP contribution is -2.38. The van der Waals surface area contributed by atoms with E-state index in [1.807, 2.05) is 0 Å². The van der Waals surface area contributed by atoms with Gasteiger partial charge in [0.25, 0.3) is 5.91 Å². The van der Waals surface area contributed by atoms with Crippen LogP contribution in [-0.4, -0.2) is 31.5 Å². The van der Waals surface area contributed by atoms with E-state index in [1.165, 1.54) is 0 Å². The molecule has 1 atom stereocenters. The first-order valence-corrected chi connectivity index (χ1v) is 7.09. The fraction of sp³-hybridized carbons (Fsp3) is 0.417. The Labute approximate surface area is 125 Å². The topological polar surface area (TPSA) is 38.3 Å². The van der Waals surface area contributed by atoms with Crippen LogP contribution < -0.4 is 5.32 Å². The van der Waals surface area contributed by atoms with Gasteiger partial charge in [-0.05, 0) is 40.5 Å². The predicted molar refractivity (Wildman–Crippen MR) is 77.6 cm³/mol.